The summed E-state index contributed by atoms with van der Waals surface area (Å²) in [4.78, 5) is 34.4. The Kier molecular flexibility index (Phi) is 6.49. The number of pyridine rings is 1. The fraction of sp³-hybridized carbons (Fsp3) is 0.500. The number of nitrogens with zero attached hydrogens (tertiary/aromatic N) is 3. The van der Waals surface area contributed by atoms with Crippen molar-refractivity contribution in [2.24, 2.45) is 5.92 Å². The van der Waals surface area contributed by atoms with Crippen molar-refractivity contribution in [2.75, 3.05) is 25.5 Å². The first-order valence-corrected chi connectivity index (χ1v) is 12.4. The molecule has 1 aromatic carbocycles. The number of fused-ring (bicyclic) bond motifs is 2. The number of carbonyl (C=O) groups excluding carboxylic acids is 2. The molecule has 3 aliphatic rings. The van der Waals surface area contributed by atoms with Gasteiger partial charge in [0.1, 0.15) is 5.75 Å². The molecule has 0 radical (unpaired) electrons. The fourth-order valence-corrected chi connectivity index (χ4v) is 5.58. The molecular weight excluding hydrogens is 452 g/mol. The van der Waals surface area contributed by atoms with Gasteiger partial charge in [-0.25, -0.2) is 0 Å². The van der Waals surface area contributed by atoms with Gasteiger partial charge in [-0.3, -0.25) is 19.5 Å². The Bertz CT molecular complexity index is 1070. The average molecular weight is 483 g/mol. The van der Waals surface area contributed by atoms with Crippen molar-refractivity contribution in [1.29, 1.82) is 0 Å². The maximum absolute atomic E-state index is 12.8. The standard InChI is InChI=1S/C26H31ClN4O3/c1-16-3-6-18(12-28-16)26(33)29-23-11-20(27)10-19(25(23)34-2)13-30-14-21-7-8-22(15-30)31(21)24(32)9-17-4-5-17/h3,6,10-12,17,21-22H,4-5,7-9,13-15H2,1-2H3,(H,29,33). The molecule has 2 saturated heterocycles. The smallest absolute Gasteiger partial charge is 0.257 e. The van der Waals surface area contributed by atoms with E-state index in [0.717, 1.165) is 37.2 Å². The highest BCUT2D eigenvalue weighted by atomic mass is 35.5. The van der Waals surface area contributed by atoms with Crippen LogP contribution in [-0.2, 0) is 11.3 Å². The summed E-state index contributed by atoms with van der Waals surface area (Å²) in [7, 11) is 1.61. The van der Waals surface area contributed by atoms with Crippen molar-refractivity contribution >= 4 is 29.1 Å². The first kappa shape index (κ1) is 23.1. The molecule has 2 aromatic rings. The highest BCUT2D eigenvalue weighted by molar-refractivity contribution is 6.31. The number of ether oxygens (including phenoxy) is 1. The molecular formula is C26H31ClN4O3. The Morgan fingerprint density at radius 3 is 2.50 bits per heavy atom. The number of aromatic nitrogens is 1. The third-order valence-electron chi connectivity index (χ3n) is 7.16. The molecule has 1 aliphatic carbocycles. The van der Waals surface area contributed by atoms with E-state index in [0.29, 0.717) is 46.8 Å². The summed E-state index contributed by atoms with van der Waals surface area (Å²) in [5.74, 6) is 1.30. The molecule has 34 heavy (non-hydrogen) atoms. The van der Waals surface area contributed by atoms with Crippen LogP contribution in [0.2, 0.25) is 5.02 Å². The van der Waals surface area contributed by atoms with Gasteiger partial charge in [0.05, 0.1) is 18.4 Å². The number of amides is 2. The van der Waals surface area contributed by atoms with E-state index in [4.69, 9.17) is 16.3 Å². The maximum atomic E-state index is 12.8. The van der Waals surface area contributed by atoms with E-state index < -0.39 is 0 Å². The third kappa shape index (κ3) is 4.91. The number of rotatable bonds is 7. The molecule has 2 amide bonds. The Labute approximate surface area is 205 Å². The predicted molar refractivity (Wildman–Crippen MR) is 131 cm³/mol. The maximum Gasteiger partial charge on any atom is 0.257 e. The number of hydrogen-bond acceptors (Lipinski definition) is 5. The van der Waals surface area contributed by atoms with E-state index in [9.17, 15) is 9.59 Å². The summed E-state index contributed by atoms with van der Waals surface area (Å²) in [5, 5.41) is 3.47. The summed E-state index contributed by atoms with van der Waals surface area (Å²) >= 11 is 6.45. The molecule has 2 unspecified atom stereocenters. The fourth-order valence-electron chi connectivity index (χ4n) is 5.34. The summed E-state index contributed by atoms with van der Waals surface area (Å²) < 4.78 is 5.73. The second kappa shape index (κ2) is 9.55. The van der Waals surface area contributed by atoms with E-state index in [1.54, 1.807) is 31.5 Å². The van der Waals surface area contributed by atoms with Crippen molar-refractivity contribution in [1.82, 2.24) is 14.8 Å². The van der Waals surface area contributed by atoms with Crippen molar-refractivity contribution in [2.45, 2.75) is 57.7 Å². The van der Waals surface area contributed by atoms with Crippen molar-refractivity contribution in [3.8, 4) is 5.75 Å². The molecule has 2 aliphatic heterocycles. The molecule has 2 atom stereocenters. The SMILES string of the molecule is COc1c(CN2CC3CCC(C2)N3C(=O)CC2CC2)cc(Cl)cc1NC(=O)c1ccc(C)nc1. The van der Waals surface area contributed by atoms with Gasteiger partial charge < -0.3 is 15.0 Å². The van der Waals surface area contributed by atoms with Crippen LogP contribution in [0.1, 0.15) is 53.7 Å². The lowest BCUT2D eigenvalue weighted by Gasteiger charge is -2.41. The van der Waals surface area contributed by atoms with Crippen molar-refractivity contribution in [3.05, 3.63) is 52.3 Å². The number of benzene rings is 1. The summed E-state index contributed by atoms with van der Waals surface area (Å²) in [6.45, 7) is 4.22. The monoisotopic (exact) mass is 482 g/mol. The molecule has 1 saturated carbocycles. The van der Waals surface area contributed by atoms with Crippen molar-refractivity contribution in [3.63, 3.8) is 0 Å². The van der Waals surface area contributed by atoms with Crippen LogP contribution in [-0.4, -0.2) is 58.9 Å². The quantitative estimate of drug-likeness (QED) is 0.637. The number of aryl methyl sites for hydroxylation is 1. The zero-order chi connectivity index (χ0) is 23.8. The number of nitrogens with one attached hydrogen (secondary N) is 1. The normalized spacial score (nSPS) is 22.0. The first-order valence-electron chi connectivity index (χ1n) is 12.0. The van der Waals surface area contributed by atoms with Gasteiger partial charge in [-0.2, -0.15) is 0 Å². The highest BCUT2D eigenvalue weighted by Crippen LogP contribution is 2.38. The number of carbonyl (C=O) groups is 2. The minimum Gasteiger partial charge on any atom is -0.494 e. The highest BCUT2D eigenvalue weighted by Gasteiger charge is 2.43. The van der Waals surface area contributed by atoms with Gasteiger partial charge in [0.2, 0.25) is 5.91 Å². The molecule has 2 bridgehead atoms. The Hall–Kier alpha value is -2.64. The lowest BCUT2D eigenvalue weighted by atomic mass is 10.1. The van der Waals surface area contributed by atoms with Gasteiger partial charge in [0.25, 0.3) is 5.91 Å². The van der Waals surface area contributed by atoms with Crippen LogP contribution in [0.25, 0.3) is 0 Å². The number of methoxy groups -OCH3 is 1. The number of likely N-dealkylation sites (tertiary alicyclic amines) is 1. The Balaban J connectivity index is 1.30. The number of hydrogen-bond donors (Lipinski definition) is 1. The second-order valence-electron chi connectivity index (χ2n) is 9.82. The van der Waals surface area contributed by atoms with E-state index in [2.05, 4.69) is 20.1 Å². The van der Waals surface area contributed by atoms with Gasteiger partial charge >= 0.3 is 0 Å². The topological polar surface area (TPSA) is 74.8 Å². The average Bonchev–Trinajstić information content (AvgIpc) is 3.56. The number of halogens is 1. The molecule has 7 nitrogen and oxygen atoms in total. The zero-order valence-electron chi connectivity index (χ0n) is 19.7. The molecule has 3 fully saturated rings. The molecule has 1 N–H and O–H groups in total. The van der Waals surface area contributed by atoms with Crippen LogP contribution in [0.5, 0.6) is 5.75 Å². The van der Waals surface area contributed by atoms with Crippen LogP contribution < -0.4 is 10.1 Å². The van der Waals surface area contributed by atoms with Gasteiger partial charge in [-0.05, 0) is 62.8 Å². The lowest BCUT2D eigenvalue weighted by Crippen LogP contribution is -2.55. The second-order valence-corrected chi connectivity index (χ2v) is 10.3. The molecule has 1 aromatic heterocycles. The van der Waals surface area contributed by atoms with Crippen LogP contribution in [0.15, 0.2) is 30.5 Å². The number of piperazine rings is 1. The van der Waals surface area contributed by atoms with Gasteiger partial charge in [-0.1, -0.05) is 11.6 Å². The Morgan fingerprint density at radius 1 is 1.15 bits per heavy atom. The predicted octanol–water partition coefficient (Wildman–Crippen LogP) is 4.28. The van der Waals surface area contributed by atoms with Crippen LogP contribution in [0.3, 0.4) is 0 Å². The summed E-state index contributed by atoms with van der Waals surface area (Å²) in [5.41, 5.74) is 2.78. The minimum absolute atomic E-state index is 0.264. The first-order chi connectivity index (χ1) is 16.4. The number of anilines is 1. The van der Waals surface area contributed by atoms with E-state index in [1.165, 1.54) is 12.8 Å². The van der Waals surface area contributed by atoms with E-state index in [1.807, 2.05) is 13.0 Å². The summed E-state index contributed by atoms with van der Waals surface area (Å²) in [6, 6.07) is 7.72. The molecule has 0 spiro atoms. The van der Waals surface area contributed by atoms with Gasteiger partial charge in [-0.15, -0.1) is 0 Å². The van der Waals surface area contributed by atoms with Crippen molar-refractivity contribution < 1.29 is 14.3 Å². The summed E-state index contributed by atoms with van der Waals surface area (Å²) in [6.07, 6.45) is 6.81. The molecule has 3 heterocycles. The molecule has 180 valence electrons. The third-order valence-corrected chi connectivity index (χ3v) is 7.37. The van der Waals surface area contributed by atoms with Gasteiger partial charge in [0.15, 0.2) is 0 Å². The zero-order valence-corrected chi connectivity index (χ0v) is 20.5. The lowest BCUT2D eigenvalue weighted by molar-refractivity contribution is -0.137. The van der Waals surface area contributed by atoms with Crippen LogP contribution in [0.4, 0.5) is 5.69 Å². The van der Waals surface area contributed by atoms with E-state index in [-0.39, 0.29) is 18.0 Å². The molecule has 8 heteroatoms. The van der Waals surface area contributed by atoms with E-state index >= 15 is 0 Å². The van der Waals surface area contributed by atoms with Crippen LogP contribution >= 0.6 is 11.6 Å². The largest absolute Gasteiger partial charge is 0.494 e. The van der Waals surface area contributed by atoms with Gasteiger partial charge in [0, 0.05) is 60.6 Å². The molecule has 5 rings (SSSR count). The van der Waals surface area contributed by atoms with Crippen LogP contribution in [0, 0.1) is 12.8 Å². The Morgan fingerprint density at radius 2 is 1.88 bits per heavy atom. The minimum atomic E-state index is -0.264.